The van der Waals surface area contributed by atoms with Crippen LogP contribution < -0.4 is 10.6 Å². The summed E-state index contributed by atoms with van der Waals surface area (Å²) in [5, 5.41) is 23.7. The third kappa shape index (κ3) is 6.91. The minimum absolute atomic E-state index is 0.0112. The number of benzene rings is 3. The molecule has 8 nitrogen and oxygen atoms in total. The number of carboxylic acids is 1. The van der Waals surface area contributed by atoms with Crippen molar-refractivity contribution in [2.24, 2.45) is 11.8 Å². The number of aliphatic carboxylic acids is 1. The average Bonchev–Trinajstić information content (AvgIpc) is 3.47. The molecule has 0 aliphatic heterocycles. The van der Waals surface area contributed by atoms with Gasteiger partial charge in [0, 0.05) is 28.9 Å². The van der Waals surface area contributed by atoms with E-state index in [0.29, 0.717) is 35.2 Å². The van der Waals surface area contributed by atoms with Crippen LogP contribution in [-0.4, -0.2) is 33.7 Å². The first kappa shape index (κ1) is 28.5. The summed E-state index contributed by atoms with van der Waals surface area (Å²) in [7, 11) is 0. The zero-order chi connectivity index (χ0) is 28.6. The minimum Gasteiger partial charge on any atom is -0.481 e. The monoisotopic (exact) mass is 544 g/mol. The summed E-state index contributed by atoms with van der Waals surface area (Å²) in [6, 6.07) is 21.0. The molecule has 3 aromatic carbocycles. The lowest BCUT2D eigenvalue weighted by Crippen LogP contribution is -2.32. The molecule has 0 aliphatic carbocycles. The number of hydrogen-bond acceptors (Lipinski definition) is 6. The SMILES string of the molecule is CCC(CNC(=O)c1ccc(NC(c2ccc(-c3nnc(-c4ccc(F)cc4)o3)cc2)C(C)CC)cc1)C(=O)O. The lowest BCUT2D eigenvalue weighted by Gasteiger charge is -2.26. The fourth-order valence-electron chi connectivity index (χ4n) is 4.29. The molecular weight excluding hydrogens is 511 g/mol. The van der Waals surface area contributed by atoms with Crippen molar-refractivity contribution in [3.63, 3.8) is 0 Å². The number of anilines is 1. The van der Waals surface area contributed by atoms with Crippen molar-refractivity contribution in [2.45, 2.75) is 39.7 Å². The van der Waals surface area contributed by atoms with E-state index in [1.165, 1.54) is 12.1 Å². The Balaban J connectivity index is 1.44. The number of amides is 1. The summed E-state index contributed by atoms with van der Waals surface area (Å²) in [4.78, 5) is 23.7. The van der Waals surface area contributed by atoms with E-state index in [-0.39, 0.29) is 24.3 Å². The second kappa shape index (κ2) is 13.0. The van der Waals surface area contributed by atoms with E-state index in [9.17, 15) is 19.1 Å². The van der Waals surface area contributed by atoms with Crippen molar-refractivity contribution in [3.05, 3.63) is 89.7 Å². The Kier molecular flexibility index (Phi) is 9.27. The predicted octanol–water partition coefficient (Wildman–Crippen LogP) is 6.58. The van der Waals surface area contributed by atoms with Gasteiger partial charge in [0.1, 0.15) is 5.82 Å². The smallest absolute Gasteiger partial charge is 0.308 e. The number of carboxylic acid groups (broad SMARTS) is 1. The molecule has 3 N–H and O–H groups in total. The molecule has 0 fully saturated rings. The lowest BCUT2D eigenvalue weighted by molar-refractivity contribution is -0.141. The fraction of sp³-hybridized carbons (Fsp3) is 0.290. The van der Waals surface area contributed by atoms with Gasteiger partial charge < -0.3 is 20.2 Å². The number of nitrogens with one attached hydrogen (secondary N) is 2. The van der Waals surface area contributed by atoms with Crippen molar-refractivity contribution in [3.8, 4) is 22.9 Å². The second-order valence-corrected chi connectivity index (χ2v) is 9.78. The molecule has 1 amide bonds. The van der Waals surface area contributed by atoms with Crippen LogP contribution in [0.15, 0.2) is 77.2 Å². The summed E-state index contributed by atoms with van der Waals surface area (Å²) >= 11 is 0. The van der Waals surface area contributed by atoms with Crippen molar-refractivity contribution in [2.75, 3.05) is 11.9 Å². The minimum atomic E-state index is -0.918. The van der Waals surface area contributed by atoms with Crippen molar-refractivity contribution >= 4 is 17.6 Å². The zero-order valence-electron chi connectivity index (χ0n) is 22.7. The van der Waals surface area contributed by atoms with E-state index in [4.69, 9.17) is 4.42 Å². The van der Waals surface area contributed by atoms with Crippen LogP contribution in [0.3, 0.4) is 0 Å². The number of carbonyl (C=O) groups excluding carboxylic acids is 1. The molecule has 0 spiro atoms. The normalized spacial score (nSPS) is 13.3. The van der Waals surface area contributed by atoms with Crippen LogP contribution in [0, 0.1) is 17.7 Å². The molecule has 9 heteroatoms. The number of hydrogen-bond donors (Lipinski definition) is 3. The molecular formula is C31H33FN4O4. The molecule has 0 saturated carbocycles. The molecule has 3 atom stereocenters. The van der Waals surface area contributed by atoms with Crippen LogP contribution >= 0.6 is 0 Å². The van der Waals surface area contributed by atoms with Crippen LogP contribution in [0.25, 0.3) is 22.9 Å². The molecule has 40 heavy (non-hydrogen) atoms. The largest absolute Gasteiger partial charge is 0.481 e. The lowest BCUT2D eigenvalue weighted by atomic mass is 9.91. The summed E-state index contributed by atoms with van der Waals surface area (Å²) < 4.78 is 19.0. The standard InChI is InChI=1S/C31H33FN4O4/c1-4-19(3)27(34-26-16-12-22(13-17-26)28(37)33-18-20(5-2)31(38)39)21-6-8-23(9-7-21)29-35-36-30(40-29)24-10-14-25(32)15-11-24/h6-17,19-20,27,34H,4-5,18H2,1-3H3,(H,33,37)(H,38,39). The Morgan fingerprint density at radius 3 is 1.98 bits per heavy atom. The van der Waals surface area contributed by atoms with Gasteiger partial charge in [0.15, 0.2) is 0 Å². The summed E-state index contributed by atoms with van der Waals surface area (Å²) in [5.74, 6) is -1.15. The van der Waals surface area contributed by atoms with Gasteiger partial charge in [-0.05, 0) is 78.6 Å². The maximum Gasteiger partial charge on any atom is 0.308 e. The number of halogens is 1. The summed E-state index contributed by atoms with van der Waals surface area (Å²) in [6.45, 7) is 6.18. The molecule has 0 saturated heterocycles. The predicted molar refractivity (Wildman–Crippen MR) is 151 cm³/mol. The molecule has 0 radical (unpaired) electrons. The van der Waals surface area contributed by atoms with E-state index < -0.39 is 11.9 Å². The molecule has 208 valence electrons. The zero-order valence-corrected chi connectivity index (χ0v) is 22.7. The first-order chi connectivity index (χ1) is 19.3. The highest BCUT2D eigenvalue weighted by Gasteiger charge is 2.20. The highest BCUT2D eigenvalue weighted by Crippen LogP contribution is 2.31. The van der Waals surface area contributed by atoms with E-state index in [1.54, 1.807) is 31.2 Å². The molecule has 0 aliphatic rings. The number of nitrogens with zero attached hydrogens (tertiary/aromatic N) is 2. The molecule has 4 aromatic rings. The number of carbonyl (C=O) groups is 2. The van der Waals surface area contributed by atoms with Gasteiger partial charge in [0.2, 0.25) is 11.8 Å². The molecule has 3 unspecified atom stereocenters. The van der Waals surface area contributed by atoms with Gasteiger partial charge in [0.05, 0.1) is 12.0 Å². The first-order valence-electron chi connectivity index (χ1n) is 13.4. The maximum atomic E-state index is 13.2. The Bertz CT molecular complexity index is 1420. The molecule has 4 rings (SSSR count). The van der Waals surface area contributed by atoms with Gasteiger partial charge in [-0.25, -0.2) is 4.39 Å². The van der Waals surface area contributed by atoms with Gasteiger partial charge in [0.25, 0.3) is 5.91 Å². The van der Waals surface area contributed by atoms with Crippen LogP contribution in [0.2, 0.25) is 0 Å². The number of aromatic nitrogens is 2. The third-order valence-electron chi connectivity index (χ3n) is 7.07. The molecule has 1 heterocycles. The summed E-state index contributed by atoms with van der Waals surface area (Å²) in [5.41, 5.74) is 3.83. The van der Waals surface area contributed by atoms with E-state index in [2.05, 4.69) is 34.7 Å². The van der Waals surface area contributed by atoms with Crippen LogP contribution in [-0.2, 0) is 4.79 Å². The van der Waals surface area contributed by atoms with E-state index in [0.717, 1.165) is 23.2 Å². The van der Waals surface area contributed by atoms with Crippen LogP contribution in [0.4, 0.5) is 10.1 Å². The van der Waals surface area contributed by atoms with E-state index in [1.807, 2.05) is 36.4 Å². The van der Waals surface area contributed by atoms with Gasteiger partial charge in [-0.1, -0.05) is 39.3 Å². The maximum absolute atomic E-state index is 13.2. The van der Waals surface area contributed by atoms with Crippen molar-refractivity contribution in [1.82, 2.24) is 15.5 Å². The van der Waals surface area contributed by atoms with Gasteiger partial charge in [-0.15, -0.1) is 10.2 Å². The fourth-order valence-corrected chi connectivity index (χ4v) is 4.29. The summed E-state index contributed by atoms with van der Waals surface area (Å²) in [6.07, 6.45) is 1.40. The number of rotatable bonds is 12. The third-order valence-corrected chi connectivity index (χ3v) is 7.07. The van der Waals surface area contributed by atoms with Gasteiger partial charge >= 0.3 is 5.97 Å². The Morgan fingerprint density at radius 2 is 1.45 bits per heavy atom. The Morgan fingerprint density at radius 1 is 0.875 bits per heavy atom. The van der Waals surface area contributed by atoms with Crippen LogP contribution in [0.1, 0.15) is 55.6 Å². The Hall–Kier alpha value is -4.53. The average molecular weight is 545 g/mol. The van der Waals surface area contributed by atoms with Crippen LogP contribution in [0.5, 0.6) is 0 Å². The quantitative estimate of drug-likeness (QED) is 0.184. The van der Waals surface area contributed by atoms with Crippen molar-refractivity contribution < 1.29 is 23.5 Å². The highest BCUT2D eigenvalue weighted by atomic mass is 19.1. The first-order valence-corrected chi connectivity index (χ1v) is 13.4. The van der Waals surface area contributed by atoms with Crippen molar-refractivity contribution in [1.29, 1.82) is 0 Å². The van der Waals surface area contributed by atoms with Gasteiger partial charge in [-0.2, -0.15) is 0 Å². The molecule has 0 bridgehead atoms. The molecule has 1 aromatic heterocycles. The highest BCUT2D eigenvalue weighted by molar-refractivity contribution is 5.94. The Labute approximate surface area is 232 Å². The topological polar surface area (TPSA) is 117 Å². The second-order valence-electron chi connectivity index (χ2n) is 9.78. The van der Waals surface area contributed by atoms with Gasteiger partial charge in [-0.3, -0.25) is 9.59 Å². The van der Waals surface area contributed by atoms with E-state index >= 15 is 0 Å².